The molecule has 0 atom stereocenters. The fourth-order valence-electron chi connectivity index (χ4n) is 4.36. The van der Waals surface area contributed by atoms with Crippen molar-refractivity contribution in [2.75, 3.05) is 50.7 Å². The molecule has 5 heterocycles. The average molecular weight is 434 g/mol. The van der Waals surface area contributed by atoms with Gasteiger partial charge in [-0.1, -0.05) is 17.3 Å². The predicted octanol–water partition coefficient (Wildman–Crippen LogP) is 2.05. The highest BCUT2D eigenvalue weighted by molar-refractivity contribution is 5.78. The molecule has 5 rings (SSSR count). The first-order valence-electron chi connectivity index (χ1n) is 11.2. The fraction of sp³-hybridized carbons (Fsp3) is 0.435. The molecule has 2 fully saturated rings. The molecule has 3 aromatic rings. The molecule has 3 aromatic heterocycles. The number of carbonyl (C=O) groups is 1. The highest BCUT2D eigenvalue weighted by Crippen LogP contribution is 2.28. The molecule has 0 aromatic carbocycles. The first kappa shape index (κ1) is 20.6. The van der Waals surface area contributed by atoms with E-state index in [4.69, 9.17) is 4.52 Å². The van der Waals surface area contributed by atoms with Crippen molar-refractivity contribution in [2.24, 2.45) is 0 Å². The van der Waals surface area contributed by atoms with Gasteiger partial charge < -0.3 is 14.3 Å². The second-order valence-corrected chi connectivity index (χ2v) is 8.28. The Morgan fingerprint density at radius 2 is 1.69 bits per heavy atom. The molecular weight excluding hydrogens is 406 g/mol. The summed E-state index contributed by atoms with van der Waals surface area (Å²) in [5.74, 6) is 2.62. The van der Waals surface area contributed by atoms with E-state index in [2.05, 4.69) is 29.9 Å². The lowest BCUT2D eigenvalue weighted by Crippen LogP contribution is -2.52. The van der Waals surface area contributed by atoms with E-state index in [0.717, 1.165) is 57.9 Å². The van der Waals surface area contributed by atoms with Crippen molar-refractivity contribution in [3.05, 3.63) is 54.7 Å². The lowest BCUT2D eigenvalue weighted by atomic mass is 9.97. The summed E-state index contributed by atoms with van der Waals surface area (Å²) in [5, 5.41) is 4.09. The van der Waals surface area contributed by atoms with Gasteiger partial charge in [0.05, 0.1) is 6.54 Å². The Morgan fingerprint density at radius 1 is 0.938 bits per heavy atom. The third-order valence-corrected chi connectivity index (χ3v) is 6.24. The van der Waals surface area contributed by atoms with Crippen molar-refractivity contribution >= 4 is 11.7 Å². The van der Waals surface area contributed by atoms with Gasteiger partial charge in [0.25, 0.3) is 0 Å². The van der Waals surface area contributed by atoms with Crippen LogP contribution < -0.4 is 4.90 Å². The van der Waals surface area contributed by atoms with Crippen molar-refractivity contribution in [3.8, 4) is 11.5 Å². The Labute approximate surface area is 187 Å². The number of piperazine rings is 1. The fourth-order valence-corrected chi connectivity index (χ4v) is 4.36. The van der Waals surface area contributed by atoms with Gasteiger partial charge in [0, 0.05) is 44.5 Å². The average Bonchev–Trinajstić information content (AvgIpc) is 3.36. The zero-order valence-corrected chi connectivity index (χ0v) is 18.0. The van der Waals surface area contributed by atoms with E-state index in [1.807, 2.05) is 47.5 Å². The minimum Gasteiger partial charge on any atom is -0.353 e. The molecule has 9 heteroatoms. The Morgan fingerprint density at radius 3 is 2.38 bits per heavy atom. The number of rotatable bonds is 5. The van der Waals surface area contributed by atoms with E-state index in [1.54, 1.807) is 6.20 Å². The van der Waals surface area contributed by atoms with E-state index >= 15 is 0 Å². The molecule has 0 bridgehead atoms. The van der Waals surface area contributed by atoms with Crippen LogP contribution in [0.3, 0.4) is 0 Å². The van der Waals surface area contributed by atoms with Gasteiger partial charge in [-0.2, -0.15) is 4.98 Å². The molecule has 0 radical (unpaired) electrons. The number of hydrogen-bond acceptors (Lipinski definition) is 8. The summed E-state index contributed by atoms with van der Waals surface area (Å²) in [4.78, 5) is 32.5. The molecule has 166 valence electrons. The van der Waals surface area contributed by atoms with Gasteiger partial charge >= 0.3 is 0 Å². The van der Waals surface area contributed by atoms with Crippen LogP contribution in [0.15, 0.2) is 53.3 Å². The van der Waals surface area contributed by atoms with E-state index in [9.17, 15) is 4.79 Å². The van der Waals surface area contributed by atoms with Gasteiger partial charge in [0.1, 0.15) is 11.5 Å². The first-order valence-corrected chi connectivity index (χ1v) is 11.2. The Balaban J connectivity index is 1.09. The lowest BCUT2D eigenvalue weighted by molar-refractivity contribution is -0.133. The molecule has 2 aliphatic rings. The molecule has 0 spiro atoms. The van der Waals surface area contributed by atoms with Crippen molar-refractivity contribution in [1.29, 1.82) is 0 Å². The number of pyridine rings is 2. The van der Waals surface area contributed by atoms with Crippen LogP contribution in [-0.2, 0) is 4.79 Å². The molecule has 9 nitrogen and oxygen atoms in total. The highest BCUT2D eigenvalue weighted by Gasteiger charge is 2.28. The number of nitrogens with zero attached hydrogens (tertiary/aromatic N) is 7. The molecule has 0 saturated carbocycles. The zero-order chi connectivity index (χ0) is 21.8. The van der Waals surface area contributed by atoms with Gasteiger partial charge in [-0.3, -0.25) is 14.7 Å². The summed E-state index contributed by atoms with van der Waals surface area (Å²) in [6.07, 6.45) is 5.35. The van der Waals surface area contributed by atoms with Gasteiger partial charge in [-0.25, -0.2) is 4.98 Å². The van der Waals surface area contributed by atoms with Crippen LogP contribution in [0.4, 0.5) is 5.82 Å². The number of amides is 1. The van der Waals surface area contributed by atoms with Crippen LogP contribution in [0, 0.1) is 0 Å². The summed E-state index contributed by atoms with van der Waals surface area (Å²) in [7, 11) is 0. The van der Waals surface area contributed by atoms with Gasteiger partial charge in [0.15, 0.2) is 0 Å². The summed E-state index contributed by atoms with van der Waals surface area (Å²) in [5.41, 5.74) is 0.716. The molecule has 2 saturated heterocycles. The lowest BCUT2D eigenvalue weighted by Gasteiger charge is -2.37. The Bertz CT molecular complexity index is 1010. The maximum atomic E-state index is 12.8. The molecule has 0 N–H and O–H groups in total. The number of anilines is 1. The quantitative estimate of drug-likeness (QED) is 0.604. The molecule has 1 amide bonds. The zero-order valence-electron chi connectivity index (χ0n) is 18.0. The minimum absolute atomic E-state index is 0.208. The van der Waals surface area contributed by atoms with E-state index in [0.29, 0.717) is 24.0 Å². The van der Waals surface area contributed by atoms with Gasteiger partial charge in [-0.05, 0) is 50.2 Å². The maximum absolute atomic E-state index is 12.8. The number of likely N-dealkylation sites (tertiary alicyclic amines) is 1. The number of piperidine rings is 1. The molecule has 2 aliphatic heterocycles. The summed E-state index contributed by atoms with van der Waals surface area (Å²) < 4.78 is 5.51. The van der Waals surface area contributed by atoms with E-state index in [1.165, 1.54) is 0 Å². The van der Waals surface area contributed by atoms with Crippen LogP contribution >= 0.6 is 0 Å². The molecule has 32 heavy (non-hydrogen) atoms. The van der Waals surface area contributed by atoms with Crippen LogP contribution in [0.2, 0.25) is 0 Å². The third-order valence-electron chi connectivity index (χ3n) is 6.24. The first-order chi connectivity index (χ1) is 15.8. The molecule has 0 unspecified atom stereocenters. The maximum Gasteiger partial charge on any atom is 0.236 e. The summed E-state index contributed by atoms with van der Waals surface area (Å²) >= 11 is 0. The SMILES string of the molecule is O=C(CN1CCC(c2nc(-c3ccccn3)no2)CC1)N1CCN(c2ccccn2)CC1. The number of aromatic nitrogens is 4. The monoisotopic (exact) mass is 433 g/mol. The predicted molar refractivity (Wildman–Crippen MR) is 119 cm³/mol. The highest BCUT2D eigenvalue weighted by atomic mass is 16.5. The Kier molecular flexibility index (Phi) is 6.06. The van der Waals surface area contributed by atoms with Crippen LogP contribution in [0.5, 0.6) is 0 Å². The van der Waals surface area contributed by atoms with Gasteiger partial charge in [0.2, 0.25) is 17.6 Å². The van der Waals surface area contributed by atoms with Crippen LogP contribution in [0.25, 0.3) is 11.5 Å². The molecule has 0 aliphatic carbocycles. The second kappa shape index (κ2) is 9.44. The van der Waals surface area contributed by atoms with Crippen LogP contribution in [-0.4, -0.2) is 81.6 Å². The topological polar surface area (TPSA) is 91.5 Å². The van der Waals surface area contributed by atoms with Gasteiger partial charge in [-0.15, -0.1) is 0 Å². The van der Waals surface area contributed by atoms with Crippen molar-refractivity contribution in [1.82, 2.24) is 29.9 Å². The van der Waals surface area contributed by atoms with Crippen molar-refractivity contribution in [2.45, 2.75) is 18.8 Å². The van der Waals surface area contributed by atoms with Crippen molar-refractivity contribution in [3.63, 3.8) is 0 Å². The minimum atomic E-state index is 0.208. The summed E-state index contributed by atoms with van der Waals surface area (Å²) in [6, 6.07) is 11.6. The van der Waals surface area contributed by atoms with Crippen LogP contribution in [0.1, 0.15) is 24.7 Å². The van der Waals surface area contributed by atoms with E-state index < -0.39 is 0 Å². The number of hydrogen-bond donors (Lipinski definition) is 0. The largest absolute Gasteiger partial charge is 0.353 e. The standard InChI is InChI=1S/C23H27N7O2/c31-21(30-15-13-29(14-16-30)20-6-2-4-10-25-20)17-28-11-7-18(8-12-28)23-26-22(27-32-23)19-5-1-3-9-24-19/h1-6,9-10,18H,7-8,11-17H2. The Hall–Kier alpha value is -3.33. The van der Waals surface area contributed by atoms with Crippen molar-refractivity contribution < 1.29 is 9.32 Å². The number of carbonyl (C=O) groups excluding carboxylic acids is 1. The molecular formula is C23H27N7O2. The second-order valence-electron chi connectivity index (χ2n) is 8.28. The third kappa shape index (κ3) is 4.62. The normalized spacial score (nSPS) is 18.1. The van der Waals surface area contributed by atoms with E-state index in [-0.39, 0.29) is 11.8 Å². The smallest absolute Gasteiger partial charge is 0.236 e. The summed E-state index contributed by atoms with van der Waals surface area (Å²) in [6.45, 7) is 5.30.